The van der Waals surface area contributed by atoms with Crippen molar-refractivity contribution in [1.82, 2.24) is 0 Å². The molecule has 1 N–H and O–H groups in total. The fourth-order valence-corrected chi connectivity index (χ4v) is 11.7. The van der Waals surface area contributed by atoms with Crippen molar-refractivity contribution >= 4 is 105 Å². The zero-order chi connectivity index (χ0) is 75.6. The lowest BCUT2D eigenvalue weighted by atomic mass is 9.94. The highest BCUT2D eigenvalue weighted by Gasteiger charge is 2.63. The van der Waals surface area contributed by atoms with Crippen molar-refractivity contribution in [3.05, 3.63) is 0 Å². The standard InChI is InChI=1S/C60H81BrO40/c1-21(62)78-17-37-43(46(83-26(6)67)51(56(77)93-37)88-31(11)72)99-60-55(92-35(15)76)49(86-29(9)70)44(39(97-60)19-80-23(3)64)100-57-52(89-32(12)73)47(84-27(7)68)41(36(16-61)94-57)98-58-54(91-34(14)75)50(87-30(10)71)45(40(96-58)20-81-24(4)65)101-59-53(90-33(13)74)48(85-28(8)69)42(82-25(5)66)38(95-59)18-79-22(2)63/h36-60,77H,16-20H2,1-15H3/t36?,37?,38?,39?,40?,41-,42-,43-,44-,45-,46-,47-,48+,49-,50+,51?,52?,53?,54?,55?,56+,57-,58-,59-,60-/m1/s1. The topological polar surface area (TPSA) is 498 Å². The normalized spacial score (nSPS) is 33.7. The number of carbonyl (C=O) groups excluding carboxylic acids is 15. The van der Waals surface area contributed by atoms with Gasteiger partial charge in [0.2, 0.25) is 0 Å². The average Bonchev–Trinajstić information content (AvgIpc) is 0.763. The van der Waals surface area contributed by atoms with E-state index in [1.807, 2.05) is 0 Å². The predicted molar refractivity (Wildman–Crippen MR) is 316 cm³/mol. The Kier molecular flexibility index (Phi) is 31.9. The Morgan fingerprint density at radius 2 is 0.416 bits per heavy atom. The number of ether oxygens (including phenoxy) is 24. The third-order valence-electron chi connectivity index (χ3n) is 14.4. The summed E-state index contributed by atoms with van der Waals surface area (Å²) in [4.78, 5) is 193. The van der Waals surface area contributed by atoms with E-state index in [9.17, 15) is 77.0 Å². The number of alkyl halides is 1. The van der Waals surface area contributed by atoms with Crippen LogP contribution in [0.5, 0.6) is 0 Å². The molecule has 0 aromatic carbocycles. The van der Waals surface area contributed by atoms with E-state index < -0.39 is 275 Å². The van der Waals surface area contributed by atoms with E-state index in [4.69, 9.17) is 114 Å². The van der Waals surface area contributed by atoms with Crippen molar-refractivity contribution in [2.24, 2.45) is 0 Å². The molecule has 25 atom stereocenters. The van der Waals surface area contributed by atoms with Gasteiger partial charge in [0.25, 0.3) is 0 Å². The Morgan fingerprint density at radius 1 is 0.238 bits per heavy atom. The SMILES string of the molecule is CC(=O)OCC1O[C@H](O[C@@H]2C(COC(C)=O)O[C@H](O[C@@H]3C(CBr)O[C@H](O[C@@H]4C(COC(C)=O)O[C@H](O[C@@H]5C(COC(C)=O)O[C@H](O)C(OC(C)=O)[C@@H]5OC(C)=O)C(OC(C)=O)[C@@H]4OC(C)=O)C(OC(C)=O)[C@@H]3OC(C)=O)C(OC(C)=O)[C@H]2OC(C)=O)C(OC(C)=O)[C@@H](OC(C)=O)[C@@H]1OC(C)=O. The van der Waals surface area contributed by atoms with Crippen LogP contribution in [0.25, 0.3) is 0 Å². The molecule has 0 amide bonds. The van der Waals surface area contributed by atoms with E-state index in [1.165, 1.54) is 0 Å². The molecule has 0 saturated carbocycles. The van der Waals surface area contributed by atoms with Gasteiger partial charge in [-0.15, -0.1) is 0 Å². The van der Waals surface area contributed by atoms with Crippen LogP contribution >= 0.6 is 15.9 Å². The van der Waals surface area contributed by atoms with E-state index in [-0.39, 0.29) is 0 Å². The molecule has 568 valence electrons. The van der Waals surface area contributed by atoms with Gasteiger partial charge in [0, 0.05) is 109 Å². The Hall–Kier alpha value is -7.87. The molecule has 5 rings (SSSR count). The summed E-state index contributed by atoms with van der Waals surface area (Å²) in [5.41, 5.74) is 0. The molecule has 5 saturated heterocycles. The minimum absolute atomic E-state index is 0.437. The van der Waals surface area contributed by atoms with Gasteiger partial charge in [-0.2, -0.15) is 0 Å². The molecule has 5 aliphatic heterocycles. The number of esters is 15. The van der Waals surface area contributed by atoms with E-state index in [2.05, 4.69) is 15.9 Å². The number of rotatable bonds is 28. The Bertz CT molecular complexity index is 2990. The lowest BCUT2D eigenvalue weighted by molar-refractivity contribution is -0.390. The largest absolute Gasteiger partial charge is 0.463 e. The number of aliphatic hydroxyl groups is 1. The fourth-order valence-electron chi connectivity index (χ4n) is 11.1. The maximum absolute atomic E-state index is 13.5. The van der Waals surface area contributed by atoms with Gasteiger partial charge in [-0.25, -0.2) is 0 Å². The highest BCUT2D eigenvalue weighted by Crippen LogP contribution is 2.41. The molecule has 5 aliphatic rings. The van der Waals surface area contributed by atoms with Gasteiger partial charge in [0.15, 0.2) is 98.6 Å². The third-order valence-corrected chi connectivity index (χ3v) is 15.1. The second-order valence-electron chi connectivity index (χ2n) is 22.8. The highest BCUT2D eigenvalue weighted by atomic mass is 79.9. The molecule has 40 nitrogen and oxygen atoms in total. The van der Waals surface area contributed by atoms with Crippen LogP contribution in [0.3, 0.4) is 0 Å². The zero-order valence-corrected chi connectivity index (χ0v) is 58.8. The molecule has 0 aromatic heterocycles. The fraction of sp³-hybridized carbons (Fsp3) is 0.750. The number of hydrogen-bond acceptors (Lipinski definition) is 40. The van der Waals surface area contributed by atoms with Crippen molar-refractivity contribution in [2.45, 2.75) is 257 Å². The first-order valence-electron chi connectivity index (χ1n) is 30.8. The molecule has 10 unspecified atom stereocenters. The minimum Gasteiger partial charge on any atom is -0.463 e. The van der Waals surface area contributed by atoms with Crippen LogP contribution in [-0.4, -0.2) is 280 Å². The van der Waals surface area contributed by atoms with Crippen LogP contribution in [0.2, 0.25) is 0 Å². The maximum Gasteiger partial charge on any atom is 0.303 e. The summed E-state index contributed by atoms with van der Waals surface area (Å²) in [5.74, 6) is -15.9. The summed E-state index contributed by atoms with van der Waals surface area (Å²) in [6.07, 6.45) is -49.1. The summed E-state index contributed by atoms with van der Waals surface area (Å²) in [7, 11) is 0. The van der Waals surface area contributed by atoms with E-state index in [0.29, 0.717) is 0 Å². The summed E-state index contributed by atoms with van der Waals surface area (Å²) < 4.78 is 141. The number of hydrogen-bond donors (Lipinski definition) is 1. The quantitative estimate of drug-likeness (QED) is 0.0505. The number of aliphatic hydroxyl groups excluding tert-OH is 1. The molecule has 5 fully saturated rings. The second kappa shape index (κ2) is 38.4. The van der Waals surface area contributed by atoms with Crippen LogP contribution in [0.1, 0.15) is 104 Å². The first-order chi connectivity index (χ1) is 47.3. The van der Waals surface area contributed by atoms with Crippen LogP contribution in [-0.2, 0) is 186 Å². The van der Waals surface area contributed by atoms with Crippen molar-refractivity contribution in [2.75, 3.05) is 31.8 Å². The molecular formula is C60H81BrO40. The van der Waals surface area contributed by atoms with Gasteiger partial charge in [-0.1, -0.05) is 15.9 Å². The predicted octanol–water partition coefficient (Wildman–Crippen LogP) is -1.96. The van der Waals surface area contributed by atoms with Gasteiger partial charge in [0.1, 0.15) is 81.4 Å². The first-order valence-corrected chi connectivity index (χ1v) is 32.0. The van der Waals surface area contributed by atoms with Crippen molar-refractivity contribution in [3.63, 3.8) is 0 Å². The van der Waals surface area contributed by atoms with Crippen LogP contribution in [0, 0.1) is 0 Å². The summed E-state index contributed by atoms with van der Waals surface area (Å²) in [6.45, 7) is 10.6. The molecule has 5 heterocycles. The molecule has 0 spiro atoms. The molecule has 41 heteroatoms. The van der Waals surface area contributed by atoms with Crippen molar-refractivity contribution < 1.29 is 191 Å². The molecule has 0 aliphatic carbocycles. The van der Waals surface area contributed by atoms with Gasteiger partial charge < -0.3 is 119 Å². The molecule has 0 aromatic rings. The van der Waals surface area contributed by atoms with Gasteiger partial charge in [0.05, 0.1) is 0 Å². The maximum atomic E-state index is 13.5. The number of carbonyl (C=O) groups is 15. The summed E-state index contributed by atoms with van der Waals surface area (Å²) >= 11 is 3.33. The van der Waals surface area contributed by atoms with Crippen LogP contribution in [0.4, 0.5) is 0 Å². The minimum atomic E-state index is -2.19. The molecule has 101 heavy (non-hydrogen) atoms. The monoisotopic (exact) mass is 1520 g/mol. The smallest absolute Gasteiger partial charge is 0.303 e. The van der Waals surface area contributed by atoms with Gasteiger partial charge in [-0.05, 0) is 0 Å². The first kappa shape index (κ1) is 83.8. The summed E-state index contributed by atoms with van der Waals surface area (Å²) in [6, 6.07) is 0. The van der Waals surface area contributed by atoms with Gasteiger partial charge >= 0.3 is 89.5 Å². The van der Waals surface area contributed by atoms with E-state index >= 15 is 0 Å². The zero-order valence-electron chi connectivity index (χ0n) is 57.2. The lowest BCUT2D eigenvalue weighted by Gasteiger charge is -2.51. The third kappa shape index (κ3) is 24.7. The Labute approximate surface area is 583 Å². The highest BCUT2D eigenvalue weighted by molar-refractivity contribution is 9.09. The van der Waals surface area contributed by atoms with Crippen LogP contribution in [0.15, 0.2) is 0 Å². The van der Waals surface area contributed by atoms with Gasteiger partial charge in [-0.3, -0.25) is 71.9 Å². The van der Waals surface area contributed by atoms with E-state index in [0.717, 1.165) is 104 Å². The molecule has 0 radical (unpaired) electrons. The van der Waals surface area contributed by atoms with E-state index in [1.54, 1.807) is 0 Å². The Balaban J connectivity index is 1.68. The second-order valence-corrected chi connectivity index (χ2v) is 23.5. The van der Waals surface area contributed by atoms with Crippen molar-refractivity contribution in [3.8, 4) is 0 Å². The number of halogens is 1. The average molecular weight is 1520 g/mol. The lowest BCUT2D eigenvalue weighted by Crippen LogP contribution is -2.70. The summed E-state index contributed by atoms with van der Waals surface area (Å²) in [5, 5.41) is 10.7. The molecular weight excluding hydrogens is 1440 g/mol. The van der Waals surface area contributed by atoms with Crippen molar-refractivity contribution in [1.29, 1.82) is 0 Å². The van der Waals surface area contributed by atoms with Crippen LogP contribution < -0.4 is 0 Å². The Morgan fingerprint density at radius 3 is 0.653 bits per heavy atom. The molecule has 0 bridgehead atoms.